The lowest BCUT2D eigenvalue weighted by Crippen LogP contribution is -2.39. The maximum absolute atomic E-state index is 10.8. The van der Waals surface area contributed by atoms with Crippen molar-refractivity contribution in [1.82, 2.24) is 5.32 Å². The molecule has 1 rings (SSSR count). The molecule has 76 valence electrons. The average molecular weight is 187 g/mol. The quantitative estimate of drug-likeness (QED) is 0.705. The first kappa shape index (κ1) is 10.3. The Balaban J connectivity index is 2.28. The van der Waals surface area contributed by atoms with E-state index in [0.29, 0.717) is 6.54 Å². The number of alkyl carbamates (subject to hydrolysis) is 1. The van der Waals surface area contributed by atoms with E-state index in [2.05, 4.69) is 17.0 Å². The normalized spacial score (nSPS) is 20.8. The van der Waals surface area contributed by atoms with Crippen molar-refractivity contribution >= 4 is 6.09 Å². The number of hydrogen-bond donors (Lipinski definition) is 1. The molecule has 0 radical (unpaired) electrons. The monoisotopic (exact) mass is 187 g/mol. The van der Waals surface area contributed by atoms with Gasteiger partial charge in [0.25, 0.3) is 0 Å². The Labute approximate surface area is 78.6 Å². The van der Waals surface area contributed by atoms with E-state index in [-0.39, 0.29) is 11.5 Å². The van der Waals surface area contributed by atoms with E-state index in [1.165, 1.54) is 7.11 Å². The minimum atomic E-state index is -0.354. The smallest absolute Gasteiger partial charge is 0.406 e. The van der Waals surface area contributed by atoms with Gasteiger partial charge in [-0.25, -0.2) is 4.79 Å². The molecule has 4 nitrogen and oxygen atoms in total. The molecule has 1 saturated heterocycles. The zero-order valence-electron chi connectivity index (χ0n) is 8.26. The molecule has 1 fully saturated rings. The van der Waals surface area contributed by atoms with Crippen molar-refractivity contribution in [2.45, 2.75) is 19.8 Å². The number of carbonyl (C=O) groups is 1. The number of hydrogen-bond acceptors (Lipinski definition) is 3. The summed E-state index contributed by atoms with van der Waals surface area (Å²) < 4.78 is 9.76. The summed E-state index contributed by atoms with van der Waals surface area (Å²) >= 11 is 0. The van der Waals surface area contributed by atoms with Gasteiger partial charge < -0.3 is 14.8 Å². The fraction of sp³-hybridized carbons (Fsp3) is 0.889. The van der Waals surface area contributed by atoms with Crippen LogP contribution in [-0.4, -0.2) is 33.0 Å². The summed E-state index contributed by atoms with van der Waals surface area (Å²) in [5, 5.41) is 2.73. The third kappa shape index (κ3) is 3.22. The van der Waals surface area contributed by atoms with Crippen LogP contribution in [0.3, 0.4) is 0 Å². The molecular weight excluding hydrogens is 170 g/mol. The van der Waals surface area contributed by atoms with Gasteiger partial charge in [0.05, 0.1) is 7.11 Å². The Kier molecular flexibility index (Phi) is 3.54. The highest BCUT2D eigenvalue weighted by Crippen LogP contribution is 2.28. The summed E-state index contributed by atoms with van der Waals surface area (Å²) in [7, 11) is 1.38. The Morgan fingerprint density at radius 1 is 1.54 bits per heavy atom. The fourth-order valence-corrected chi connectivity index (χ4v) is 1.40. The first-order valence-corrected chi connectivity index (χ1v) is 4.56. The van der Waals surface area contributed by atoms with E-state index in [4.69, 9.17) is 4.74 Å². The average Bonchev–Trinajstić information content (AvgIpc) is 2.15. The van der Waals surface area contributed by atoms with E-state index in [0.717, 1.165) is 26.1 Å². The highest BCUT2D eigenvalue weighted by molar-refractivity contribution is 5.66. The third-order valence-electron chi connectivity index (χ3n) is 2.54. The van der Waals surface area contributed by atoms with Crippen molar-refractivity contribution < 1.29 is 14.3 Å². The number of ether oxygens (including phenoxy) is 2. The van der Waals surface area contributed by atoms with Gasteiger partial charge in [-0.3, -0.25) is 0 Å². The van der Waals surface area contributed by atoms with Gasteiger partial charge in [0.1, 0.15) is 0 Å². The minimum Gasteiger partial charge on any atom is -0.453 e. The summed E-state index contributed by atoms with van der Waals surface area (Å²) in [6.45, 7) is 4.41. The maximum atomic E-state index is 10.8. The van der Waals surface area contributed by atoms with Crippen molar-refractivity contribution in [3.8, 4) is 0 Å². The number of carbonyl (C=O) groups excluding carboxylic acids is 1. The number of nitrogens with one attached hydrogen (secondary N) is 1. The van der Waals surface area contributed by atoms with Gasteiger partial charge in [0.15, 0.2) is 0 Å². The molecule has 0 unspecified atom stereocenters. The van der Waals surface area contributed by atoms with Crippen LogP contribution in [0.1, 0.15) is 19.8 Å². The SMILES string of the molecule is COC(=O)NCC1(C)CCOCC1. The lowest BCUT2D eigenvalue weighted by molar-refractivity contribution is 0.0240. The van der Waals surface area contributed by atoms with E-state index < -0.39 is 0 Å². The molecule has 0 aromatic rings. The molecule has 4 heteroatoms. The van der Waals surface area contributed by atoms with Gasteiger partial charge >= 0.3 is 6.09 Å². The van der Waals surface area contributed by atoms with E-state index in [9.17, 15) is 4.79 Å². The topological polar surface area (TPSA) is 47.6 Å². The number of amides is 1. The van der Waals surface area contributed by atoms with Crippen LogP contribution in [0, 0.1) is 5.41 Å². The van der Waals surface area contributed by atoms with Gasteiger partial charge in [-0.05, 0) is 18.3 Å². The van der Waals surface area contributed by atoms with E-state index in [1.54, 1.807) is 0 Å². The van der Waals surface area contributed by atoms with Crippen molar-refractivity contribution in [2.24, 2.45) is 5.41 Å². The van der Waals surface area contributed by atoms with Crippen LogP contribution in [0.2, 0.25) is 0 Å². The molecule has 0 aromatic heterocycles. The number of rotatable bonds is 2. The molecule has 0 aromatic carbocycles. The van der Waals surface area contributed by atoms with Crippen LogP contribution < -0.4 is 5.32 Å². The van der Waals surface area contributed by atoms with Gasteiger partial charge in [0, 0.05) is 19.8 Å². The Morgan fingerprint density at radius 3 is 2.69 bits per heavy atom. The molecule has 0 atom stereocenters. The lowest BCUT2D eigenvalue weighted by Gasteiger charge is -2.33. The summed E-state index contributed by atoms with van der Waals surface area (Å²) in [5.41, 5.74) is 0.173. The minimum absolute atomic E-state index is 0.173. The third-order valence-corrected chi connectivity index (χ3v) is 2.54. The molecule has 1 heterocycles. The molecule has 1 amide bonds. The number of methoxy groups -OCH3 is 1. The molecule has 1 aliphatic rings. The van der Waals surface area contributed by atoms with E-state index >= 15 is 0 Å². The Hall–Kier alpha value is -0.770. The molecular formula is C9H17NO3. The second-order valence-electron chi connectivity index (χ2n) is 3.77. The molecule has 0 spiro atoms. The van der Waals surface area contributed by atoms with Gasteiger partial charge in [-0.15, -0.1) is 0 Å². The van der Waals surface area contributed by atoms with Crippen LogP contribution >= 0.6 is 0 Å². The standard InChI is InChI=1S/C9H17NO3/c1-9(3-5-13-6-4-9)7-10-8(11)12-2/h3-7H2,1-2H3,(H,10,11). The largest absolute Gasteiger partial charge is 0.453 e. The zero-order chi connectivity index (χ0) is 9.73. The molecule has 1 N–H and O–H groups in total. The van der Waals surface area contributed by atoms with Gasteiger partial charge in [0.2, 0.25) is 0 Å². The molecule has 1 aliphatic heterocycles. The summed E-state index contributed by atoms with van der Waals surface area (Å²) in [6, 6.07) is 0. The summed E-state index contributed by atoms with van der Waals surface area (Å²) in [6.07, 6.45) is 1.64. The van der Waals surface area contributed by atoms with Crippen molar-refractivity contribution in [1.29, 1.82) is 0 Å². The molecule has 0 saturated carbocycles. The molecule has 0 bridgehead atoms. The molecule has 13 heavy (non-hydrogen) atoms. The van der Waals surface area contributed by atoms with Gasteiger partial charge in [-0.1, -0.05) is 6.92 Å². The first-order chi connectivity index (χ1) is 6.16. The lowest BCUT2D eigenvalue weighted by atomic mass is 9.82. The Bertz CT molecular complexity index is 176. The van der Waals surface area contributed by atoms with E-state index in [1.807, 2.05) is 0 Å². The van der Waals surface area contributed by atoms with Crippen molar-refractivity contribution in [3.05, 3.63) is 0 Å². The van der Waals surface area contributed by atoms with Crippen LogP contribution in [0.25, 0.3) is 0 Å². The predicted octanol–water partition coefficient (Wildman–Crippen LogP) is 1.16. The highest BCUT2D eigenvalue weighted by Gasteiger charge is 2.27. The van der Waals surface area contributed by atoms with Crippen molar-refractivity contribution in [2.75, 3.05) is 26.9 Å². The van der Waals surface area contributed by atoms with Gasteiger partial charge in [-0.2, -0.15) is 0 Å². The molecule has 0 aliphatic carbocycles. The van der Waals surface area contributed by atoms with Crippen LogP contribution in [0.4, 0.5) is 4.79 Å². The van der Waals surface area contributed by atoms with Crippen LogP contribution in [-0.2, 0) is 9.47 Å². The maximum Gasteiger partial charge on any atom is 0.406 e. The second kappa shape index (κ2) is 4.46. The predicted molar refractivity (Wildman–Crippen MR) is 48.6 cm³/mol. The summed E-state index contributed by atoms with van der Waals surface area (Å²) in [5.74, 6) is 0. The second-order valence-corrected chi connectivity index (χ2v) is 3.77. The first-order valence-electron chi connectivity index (χ1n) is 4.56. The van der Waals surface area contributed by atoms with Crippen LogP contribution in [0.15, 0.2) is 0 Å². The van der Waals surface area contributed by atoms with Crippen LogP contribution in [0.5, 0.6) is 0 Å². The Morgan fingerprint density at radius 2 is 2.15 bits per heavy atom. The highest BCUT2D eigenvalue weighted by atomic mass is 16.5. The zero-order valence-corrected chi connectivity index (χ0v) is 8.26. The van der Waals surface area contributed by atoms with Crippen molar-refractivity contribution in [3.63, 3.8) is 0 Å². The summed E-state index contributed by atoms with van der Waals surface area (Å²) in [4.78, 5) is 10.8. The fourth-order valence-electron chi connectivity index (χ4n) is 1.40.